The Balaban J connectivity index is 2.47. The quantitative estimate of drug-likeness (QED) is 0.882. The van der Waals surface area contributed by atoms with Crippen LogP contribution in [0.4, 0.5) is 0 Å². The molecule has 0 radical (unpaired) electrons. The van der Waals surface area contributed by atoms with E-state index in [-0.39, 0.29) is 0 Å². The van der Waals surface area contributed by atoms with E-state index in [1.807, 2.05) is 12.1 Å². The van der Waals surface area contributed by atoms with E-state index in [4.69, 9.17) is 21.1 Å². The van der Waals surface area contributed by atoms with Gasteiger partial charge in [-0.3, -0.25) is 0 Å². The van der Waals surface area contributed by atoms with E-state index in [1.54, 1.807) is 14.2 Å². The third-order valence-corrected chi connectivity index (χ3v) is 3.33. The van der Waals surface area contributed by atoms with Gasteiger partial charge >= 0.3 is 0 Å². The van der Waals surface area contributed by atoms with Crippen molar-refractivity contribution in [3.05, 3.63) is 22.7 Å². The van der Waals surface area contributed by atoms with Crippen LogP contribution in [0.25, 0.3) is 0 Å². The second-order valence-electron chi connectivity index (χ2n) is 3.89. The molecule has 1 atom stereocenters. The molecule has 3 nitrogen and oxygen atoms in total. The molecule has 1 heterocycles. The first-order valence-electron chi connectivity index (χ1n) is 5.39. The van der Waals surface area contributed by atoms with Crippen molar-refractivity contribution in [2.45, 2.75) is 12.3 Å². The molecule has 0 amide bonds. The predicted octanol–water partition coefficient (Wildman–Crippen LogP) is 2.43. The van der Waals surface area contributed by atoms with Crippen LogP contribution in [0.3, 0.4) is 0 Å². The zero-order valence-electron chi connectivity index (χ0n) is 9.55. The van der Waals surface area contributed by atoms with Crippen molar-refractivity contribution in [1.29, 1.82) is 0 Å². The summed E-state index contributed by atoms with van der Waals surface area (Å²) < 4.78 is 10.7. The smallest absolute Gasteiger partial charge is 0.165 e. The molecule has 88 valence electrons. The predicted molar refractivity (Wildman–Crippen MR) is 64.8 cm³/mol. The molecule has 0 bridgehead atoms. The van der Waals surface area contributed by atoms with E-state index >= 15 is 0 Å². The van der Waals surface area contributed by atoms with Crippen molar-refractivity contribution in [3.63, 3.8) is 0 Å². The fraction of sp³-hybridized carbons (Fsp3) is 0.500. The van der Waals surface area contributed by atoms with Crippen molar-refractivity contribution in [2.24, 2.45) is 0 Å². The third-order valence-electron chi connectivity index (χ3n) is 3.00. The fourth-order valence-corrected chi connectivity index (χ4v) is 2.51. The van der Waals surface area contributed by atoms with Gasteiger partial charge in [0, 0.05) is 23.0 Å². The van der Waals surface area contributed by atoms with Gasteiger partial charge in [0.05, 0.1) is 14.2 Å². The van der Waals surface area contributed by atoms with Crippen molar-refractivity contribution in [3.8, 4) is 11.5 Å². The van der Waals surface area contributed by atoms with Crippen LogP contribution in [-0.4, -0.2) is 27.3 Å². The average molecular weight is 242 g/mol. The molecule has 1 aliphatic rings. The highest BCUT2D eigenvalue weighted by atomic mass is 35.5. The lowest BCUT2D eigenvalue weighted by atomic mass is 9.97. The maximum atomic E-state index is 6.25. The van der Waals surface area contributed by atoms with Gasteiger partial charge in [0.1, 0.15) is 0 Å². The highest BCUT2D eigenvalue weighted by molar-refractivity contribution is 6.31. The molecule has 1 aliphatic heterocycles. The van der Waals surface area contributed by atoms with Gasteiger partial charge in [-0.2, -0.15) is 0 Å². The average Bonchev–Trinajstić information content (AvgIpc) is 2.81. The first-order valence-corrected chi connectivity index (χ1v) is 5.76. The van der Waals surface area contributed by atoms with E-state index in [0.717, 1.165) is 41.6 Å². The molecule has 1 aromatic rings. The summed E-state index contributed by atoms with van der Waals surface area (Å²) in [5, 5.41) is 4.09. The number of nitrogens with one attached hydrogen (secondary N) is 1. The standard InChI is InChI=1S/C12H16ClNO2/c1-15-10-4-3-9(13)11(12(10)16-2)8-5-6-14-7-8/h3-4,8,14H,5-7H2,1-2H3. The minimum absolute atomic E-state index is 0.414. The number of benzene rings is 1. The van der Waals surface area contributed by atoms with Crippen LogP contribution in [0, 0.1) is 0 Å². The first-order chi connectivity index (χ1) is 7.77. The van der Waals surface area contributed by atoms with Crippen LogP contribution in [0.1, 0.15) is 17.9 Å². The van der Waals surface area contributed by atoms with E-state index < -0.39 is 0 Å². The number of hydrogen-bond donors (Lipinski definition) is 1. The fourth-order valence-electron chi connectivity index (χ4n) is 2.21. The van der Waals surface area contributed by atoms with Gasteiger partial charge < -0.3 is 14.8 Å². The van der Waals surface area contributed by atoms with Crippen molar-refractivity contribution in [2.75, 3.05) is 27.3 Å². The molecule has 1 N–H and O–H groups in total. The Hall–Kier alpha value is -0.930. The van der Waals surface area contributed by atoms with Crippen LogP contribution >= 0.6 is 11.6 Å². The van der Waals surface area contributed by atoms with E-state index in [9.17, 15) is 0 Å². The maximum absolute atomic E-state index is 6.25. The largest absolute Gasteiger partial charge is 0.493 e. The topological polar surface area (TPSA) is 30.5 Å². The summed E-state index contributed by atoms with van der Waals surface area (Å²) in [4.78, 5) is 0. The normalized spacial score (nSPS) is 19.8. The van der Waals surface area contributed by atoms with E-state index in [0.29, 0.717) is 5.92 Å². The Morgan fingerprint density at radius 2 is 2.12 bits per heavy atom. The first kappa shape index (κ1) is 11.6. The zero-order valence-corrected chi connectivity index (χ0v) is 10.3. The second kappa shape index (κ2) is 4.93. The minimum atomic E-state index is 0.414. The minimum Gasteiger partial charge on any atom is -0.493 e. The molecule has 1 aromatic carbocycles. The number of halogens is 1. The molecule has 0 spiro atoms. The summed E-state index contributed by atoms with van der Waals surface area (Å²) >= 11 is 6.25. The van der Waals surface area contributed by atoms with E-state index in [2.05, 4.69) is 5.32 Å². The van der Waals surface area contributed by atoms with Crippen LogP contribution in [-0.2, 0) is 0 Å². The van der Waals surface area contributed by atoms with Crippen LogP contribution in [0.2, 0.25) is 5.02 Å². The molecule has 0 aliphatic carbocycles. The Kier molecular flexibility index (Phi) is 3.56. The Bertz CT molecular complexity index is 376. The molecule has 4 heteroatoms. The lowest BCUT2D eigenvalue weighted by Gasteiger charge is -2.18. The van der Waals surface area contributed by atoms with Gasteiger partial charge in [0.2, 0.25) is 0 Å². The number of methoxy groups -OCH3 is 2. The third kappa shape index (κ3) is 1.97. The molecule has 0 saturated carbocycles. The lowest BCUT2D eigenvalue weighted by Crippen LogP contribution is -2.09. The molecular weight excluding hydrogens is 226 g/mol. The Morgan fingerprint density at radius 1 is 1.31 bits per heavy atom. The van der Waals surface area contributed by atoms with Crippen molar-refractivity contribution >= 4 is 11.6 Å². The van der Waals surface area contributed by atoms with Gasteiger partial charge in [-0.25, -0.2) is 0 Å². The van der Waals surface area contributed by atoms with Gasteiger partial charge in [-0.05, 0) is 25.1 Å². The second-order valence-corrected chi connectivity index (χ2v) is 4.29. The molecule has 1 unspecified atom stereocenters. The molecule has 1 saturated heterocycles. The summed E-state index contributed by atoms with van der Waals surface area (Å²) in [6.45, 7) is 1.98. The van der Waals surface area contributed by atoms with Crippen molar-refractivity contribution in [1.82, 2.24) is 5.32 Å². The van der Waals surface area contributed by atoms with Gasteiger partial charge in [-0.15, -0.1) is 0 Å². The Labute approximate surface area is 101 Å². The van der Waals surface area contributed by atoms with Crippen LogP contribution in [0.5, 0.6) is 11.5 Å². The summed E-state index contributed by atoms with van der Waals surface area (Å²) in [6.07, 6.45) is 1.09. The number of hydrogen-bond acceptors (Lipinski definition) is 3. The van der Waals surface area contributed by atoms with Gasteiger partial charge in [0.25, 0.3) is 0 Å². The summed E-state index contributed by atoms with van der Waals surface area (Å²) in [7, 11) is 3.29. The number of ether oxygens (including phenoxy) is 2. The lowest BCUT2D eigenvalue weighted by molar-refractivity contribution is 0.350. The van der Waals surface area contributed by atoms with Crippen molar-refractivity contribution < 1.29 is 9.47 Å². The summed E-state index contributed by atoms with van der Waals surface area (Å²) in [6, 6.07) is 3.71. The number of rotatable bonds is 3. The molecular formula is C12H16ClNO2. The highest BCUT2D eigenvalue weighted by Gasteiger charge is 2.25. The van der Waals surface area contributed by atoms with Gasteiger partial charge in [0.15, 0.2) is 11.5 Å². The zero-order chi connectivity index (χ0) is 11.5. The van der Waals surface area contributed by atoms with Crippen LogP contribution < -0.4 is 14.8 Å². The molecule has 1 fully saturated rings. The van der Waals surface area contributed by atoms with E-state index in [1.165, 1.54) is 0 Å². The Morgan fingerprint density at radius 3 is 2.69 bits per heavy atom. The summed E-state index contributed by atoms with van der Waals surface area (Å²) in [5.74, 6) is 1.93. The highest BCUT2D eigenvalue weighted by Crippen LogP contribution is 2.42. The summed E-state index contributed by atoms with van der Waals surface area (Å²) in [5.41, 5.74) is 1.06. The SMILES string of the molecule is COc1ccc(Cl)c(C2CCNC2)c1OC. The molecule has 16 heavy (non-hydrogen) atoms. The van der Waals surface area contributed by atoms with Crippen LogP contribution in [0.15, 0.2) is 12.1 Å². The molecule has 0 aromatic heterocycles. The monoisotopic (exact) mass is 241 g/mol. The molecule has 2 rings (SSSR count). The maximum Gasteiger partial charge on any atom is 0.165 e. The van der Waals surface area contributed by atoms with Gasteiger partial charge in [-0.1, -0.05) is 11.6 Å².